The second kappa shape index (κ2) is 8.36. The molecule has 0 aliphatic rings. The van der Waals surface area contributed by atoms with Crippen molar-refractivity contribution in [3.8, 4) is 5.75 Å². The number of carbonyl (C=O) groups is 1. The molecule has 2 aromatic carbocycles. The minimum atomic E-state index is -0.212. The first-order valence-corrected chi connectivity index (χ1v) is 8.88. The highest BCUT2D eigenvalue weighted by molar-refractivity contribution is 6.04. The standard InChI is InChI=1S/C22H23N3O2/c1-4-27-20-9-7-18(8-10-20)25-22(26)17-12-19(14-23-13-17)24-21-11-15(2)5-6-16(21)3/h5-14,24H,4H2,1-3H3,(H,25,26). The largest absolute Gasteiger partial charge is 0.494 e. The monoisotopic (exact) mass is 361 g/mol. The highest BCUT2D eigenvalue weighted by Gasteiger charge is 2.09. The zero-order valence-corrected chi connectivity index (χ0v) is 15.7. The van der Waals surface area contributed by atoms with Gasteiger partial charge in [-0.2, -0.15) is 0 Å². The van der Waals surface area contributed by atoms with Gasteiger partial charge in [0, 0.05) is 17.6 Å². The maximum Gasteiger partial charge on any atom is 0.257 e. The van der Waals surface area contributed by atoms with Gasteiger partial charge in [0.05, 0.1) is 24.1 Å². The first-order valence-electron chi connectivity index (χ1n) is 8.88. The highest BCUT2D eigenvalue weighted by atomic mass is 16.5. The number of aryl methyl sites for hydroxylation is 2. The van der Waals surface area contributed by atoms with Gasteiger partial charge >= 0.3 is 0 Å². The number of pyridine rings is 1. The van der Waals surface area contributed by atoms with Gasteiger partial charge in [-0.1, -0.05) is 12.1 Å². The number of aromatic nitrogens is 1. The average molecular weight is 361 g/mol. The van der Waals surface area contributed by atoms with E-state index in [1.165, 1.54) is 5.56 Å². The fourth-order valence-electron chi connectivity index (χ4n) is 2.66. The summed E-state index contributed by atoms with van der Waals surface area (Å²) in [4.78, 5) is 16.7. The predicted octanol–water partition coefficient (Wildman–Crippen LogP) is 5.09. The number of nitrogens with zero attached hydrogens (tertiary/aromatic N) is 1. The van der Waals surface area contributed by atoms with E-state index >= 15 is 0 Å². The lowest BCUT2D eigenvalue weighted by Gasteiger charge is -2.11. The van der Waals surface area contributed by atoms with Crippen LogP contribution >= 0.6 is 0 Å². The summed E-state index contributed by atoms with van der Waals surface area (Å²) >= 11 is 0. The smallest absolute Gasteiger partial charge is 0.257 e. The van der Waals surface area contributed by atoms with Crippen molar-refractivity contribution in [2.24, 2.45) is 0 Å². The molecule has 3 rings (SSSR count). The van der Waals surface area contributed by atoms with Crippen LogP contribution < -0.4 is 15.4 Å². The molecule has 0 bridgehead atoms. The van der Waals surface area contributed by atoms with Gasteiger partial charge in [0.25, 0.3) is 5.91 Å². The zero-order valence-electron chi connectivity index (χ0n) is 15.7. The maximum absolute atomic E-state index is 12.5. The van der Waals surface area contributed by atoms with Gasteiger partial charge in [0.15, 0.2) is 0 Å². The van der Waals surface area contributed by atoms with E-state index in [0.717, 1.165) is 22.7 Å². The third kappa shape index (κ3) is 4.85. The summed E-state index contributed by atoms with van der Waals surface area (Å²) < 4.78 is 5.41. The summed E-state index contributed by atoms with van der Waals surface area (Å²) in [6, 6.07) is 15.3. The van der Waals surface area contributed by atoms with Crippen LogP contribution in [0.4, 0.5) is 17.1 Å². The number of nitrogens with one attached hydrogen (secondary N) is 2. The van der Waals surface area contributed by atoms with Crippen molar-refractivity contribution in [3.63, 3.8) is 0 Å². The molecular formula is C22H23N3O2. The molecule has 0 saturated heterocycles. The normalized spacial score (nSPS) is 10.3. The van der Waals surface area contributed by atoms with Gasteiger partial charge in [-0.15, -0.1) is 0 Å². The molecule has 0 spiro atoms. The Morgan fingerprint density at radius 1 is 1.00 bits per heavy atom. The van der Waals surface area contributed by atoms with E-state index in [2.05, 4.69) is 33.8 Å². The Hall–Kier alpha value is -3.34. The molecule has 0 radical (unpaired) electrons. The summed E-state index contributed by atoms with van der Waals surface area (Å²) in [5.41, 5.74) is 5.25. The van der Waals surface area contributed by atoms with Gasteiger partial charge in [-0.3, -0.25) is 9.78 Å². The molecular weight excluding hydrogens is 338 g/mol. The Bertz CT molecular complexity index is 937. The fourth-order valence-corrected chi connectivity index (χ4v) is 2.66. The third-order valence-corrected chi connectivity index (χ3v) is 4.10. The summed E-state index contributed by atoms with van der Waals surface area (Å²) in [5, 5.41) is 6.21. The van der Waals surface area contributed by atoms with Crippen LogP contribution in [0.3, 0.4) is 0 Å². The van der Waals surface area contributed by atoms with Crippen LogP contribution in [-0.4, -0.2) is 17.5 Å². The van der Waals surface area contributed by atoms with Crippen LogP contribution in [0.25, 0.3) is 0 Å². The molecule has 1 amide bonds. The minimum Gasteiger partial charge on any atom is -0.494 e. The third-order valence-electron chi connectivity index (χ3n) is 4.10. The molecule has 27 heavy (non-hydrogen) atoms. The van der Waals surface area contributed by atoms with Crippen LogP contribution in [0.1, 0.15) is 28.4 Å². The zero-order chi connectivity index (χ0) is 19.2. The van der Waals surface area contributed by atoms with Crippen LogP contribution in [0.2, 0.25) is 0 Å². The minimum absolute atomic E-state index is 0.212. The number of amides is 1. The second-order valence-corrected chi connectivity index (χ2v) is 6.32. The predicted molar refractivity (Wildman–Crippen MR) is 109 cm³/mol. The first-order chi connectivity index (χ1) is 13.0. The van der Waals surface area contributed by atoms with E-state index < -0.39 is 0 Å². The van der Waals surface area contributed by atoms with Crippen molar-refractivity contribution < 1.29 is 9.53 Å². The molecule has 0 aliphatic heterocycles. The molecule has 0 fully saturated rings. The van der Waals surface area contributed by atoms with E-state index in [-0.39, 0.29) is 5.91 Å². The lowest BCUT2D eigenvalue weighted by molar-refractivity contribution is 0.102. The van der Waals surface area contributed by atoms with Crippen LogP contribution in [0.15, 0.2) is 60.9 Å². The van der Waals surface area contributed by atoms with Crippen molar-refractivity contribution in [2.75, 3.05) is 17.2 Å². The Morgan fingerprint density at radius 3 is 2.52 bits per heavy atom. The molecule has 1 heterocycles. The van der Waals surface area contributed by atoms with E-state index in [4.69, 9.17) is 4.74 Å². The number of hydrogen-bond acceptors (Lipinski definition) is 4. The number of hydrogen-bond donors (Lipinski definition) is 2. The van der Waals surface area contributed by atoms with Crippen LogP contribution in [0.5, 0.6) is 5.75 Å². The maximum atomic E-state index is 12.5. The number of carbonyl (C=O) groups excluding carboxylic acids is 1. The summed E-state index contributed by atoms with van der Waals surface area (Å²) in [6.07, 6.45) is 3.26. The van der Waals surface area contributed by atoms with Crippen molar-refractivity contribution in [1.82, 2.24) is 4.98 Å². The lowest BCUT2D eigenvalue weighted by atomic mass is 10.1. The lowest BCUT2D eigenvalue weighted by Crippen LogP contribution is -2.12. The topological polar surface area (TPSA) is 63.2 Å². The number of anilines is 3. The molecule has 0 unspecified atom stereocenters. The molecule has 5 heteroatoms. The van der Waals surface area contributed by atoms with Crippen LogP contribution in [-0.2, 0) is 0 Å². The quantitative estimate of drug-likeness (QED) is 0.642. The number of benzene rings is 2. The van der Waals surface area contributed by atoms with E-state index in [9.17, 15) is 4.79 Å². The number of ether oxygens (including phenoxy) is 1. The van der Waals surface area contributed by atoms with Crippen molar-refractivity contribution in [1.29, 1.82) is 0 Å². The first kappa shape index (κ1) is 18.5. The van der Waals surface area contributed by atoms with Gasteiger partial charge in [0.1, 0.15) is 5.75 Å². The van der Waals surface area contributed by atoms with Crippen molar-refractivity contribution >= 4 is 23.0 Å². The van der Waals surface area contributed by atoms with Crippen molar-refractivity contribution in [2.45, 2.75) is 20.8 Å². The van der Waals surface area contributed by atoms with Gasteiger partial charge in [0.2, 0.25) is 0 Å². The van der Waals surface area contributed by atoms with E-state index in [0.29, 0.717) is 17.9 Å². The Kier molecular flexibility index (Phi) is 5.71. The van der Waals surface area contributed by atoms with Gasteiger partial charge in [-0.25, -0.2) is 0 Å². The Labute approximate surface area is 159 Å². The highest BCUT2D eigenvalue weighted by Crippen LogP contribution is 2.22. The second-order valence-electron chi connectivity index (χ2n) is 6.32. The summed E-state index contributed by atoms with van der Waals surface area (Å²) in [6.45, 7) is 6.63. The molecule has 0 aliphatic carbocycles. The van der Waals surface area contributed by atoms with Gasteiger partial charge < -0.3 is 15.4 Å². The Balaban J connectivity index is 1.72. The SMILES string of the molecule is CCOc1ccc(NC(=O)c2cncc(Nc3cc(C)ccc3C)c2)cc1. The average Bonchev–Trinajstić information content (AvgIpc) is 2.67. The fraction of sp³-hybridized carbons (Fsp3) is 0.182. The van der Waals surface area contributed by atoms with Crippen LogP contribution in [0, 0.1) is 13.8 Å². The van der Waals surface area contributed by atoms with Crippen molar-refractivity contribution in [3.05, 3.63) is 77.6 Å². The van der Waals surface area contributed by atoms with E-state index in [1.807, 2.05) is 45.0 Å². The Morgan fingerprint density at radius 2 is 1.78 bits per heavy atom. The van der Waals surface area contributed by atoms with E-state index in [1.54, 1.807) is 18.5 Å². The molecule has 3 aromatic rings. The molecule has 0 atom stereocenters. The summed E-state index contributed by atoms with van der Waals surface area (Å²) in [5.74, 6) is 0.563. The van der Waals surface area contributed by atoms with Gasteiger partial charge in [-0.05, 0) is 68.3 Å². The molecule has 1 aromatic heterocycles. The number of rotatable bonds is 6. The molecule has 0 saturated carbocycles. The molecule has 2 N–H and O–H groups in total. The molecule has 5 nitrogen and oxygen atoms in total. The summed E-state index contributed by atoms with van der Waals surface area (Å²) in [7, 11) is 0. The molecule has 138 valence electrons.